The van der Waals surface area contributed by atoms with Crippen LogP contribution in [0.4, 0.5) is 0 Å². The number of hydrogen-bond acceptors (Lipinski definition) is 0. The Balaban J connectivity index is 2.23. The molecule has 1 atom stereocenters. The largest absolute Gasteiger partial charge is 0.110 e. The van der Waals surface area contributed by atoms with Gasteiger partial charge in [0.2, 0.25) is 0 Å². The summed E-state index contributed by atoms with van der Waals surface area (Å²) in [5.74, 6) is 0.405. The molecule has 0 saturated heterocycles. The van der Waals surface area contributed by atoms with E-state index in [1.54, 1.807) is 0 Å². The van der Waals surface area contributed by atoms with Gasteiger partial charge in [0.15, 0.2) is 0 Å². The van der Waals surface area contributed by atoms with E-state index in [4.69, 9.17) is 23.2 Å². The maximum absolute atomic E-state index is 5.67. The zero-order valence-corrected chi connectivity index (χ0v) is 6.70. The third-order valence-corrected chi connectivity index (χ3v) is 2.25. The van der Waals surface area contributed by atoms with Gasteiger partial charge in [-0.1, -0.05) is 0 Å². The van der Waals surface area contributed by atoms with Crippen LogP contribution < -0.4 is 0 Å². The van der Waals surface area contributed by atoms with E-state index in [1.807, 2.05) is 0 Å². The van der Waals surface area contributed by atoms with Gasteiger partial charge in [0.05, 0.1) is 0 Å². The first-order valence-electron chi connectivity index (χ1n) is 3.24. The minimum atomic E-state index is -0.207. The van der Waals surface area contributed by atoms with Crippen LogP contribution in [0, 0.1) is 18.8 Å². The molecule has 0 aromatic carbocycles. The molecule has 2 radical (unpaired) electrons. The van der Waals surface area contributed by atoms with Crippen LogP contribution in [-0.4, -0.2) is 4.84 Å². The highest BCUT2D eigenvalue weighted by molar-refractivity contribution is 6.44. The van der Waals surface area contributed by atoms with Crippen molar-refractivity contribution >= 4 is 23.2 Å². The maximum atomic E-state index is 5.67. The number of rotatable bonds is 1. The smallest absolute Gasteiger partial charge is 0.105 e. The first-order chi connectivity index (χ1) is 4.30. The Bertz CT molecular complexity index is 75.0. The molecule has 1 aliphatic carbocycles. The zero-order chi connectivity index (χ0) is 6.69. The minimum absolute atomic E-state index is 0.207. The molecule has 0 spiro atoms. The second-order valence-corrected chi connectivity index (χ2v) is 3.50. The van der Waals surface area contributed by atoms with Crippen LogP contribution >= 0.6 is 23.2 Å². The lowest BCUT2D eigenvalue weighted by molar-refractivity contribution is 0.545. The number of halogens is 2. The molecule has 1 unspecified atom stereocenters. The summed E-state index contributed by atoms with van der Waals surface area (Å²) in [4.78, 5) is -0.207. The van der Waals surface area contributed by atoms with Crippen LogP contribution in [0.25, 0.3) is 0 Å². The van der Waals surface area contributed by atoms with Gasteiger partial charge in [-0.3, -0.25) is 0 Å². The van der Waals surface area contributed by atoms with Gasteiger partial charge < -0.3 is 0 Å². The Hall–Kier alpha value is 0.580. The second kappa shape index (κ2) is 3.68. The Kier molecular flexibility index (Phi) is 3.14. The average molecular weight is 165 g/mol. The third-order valence-electron chi connectivity index (χ3n) is 1.60. The van der Waals surface area contributed by atoms with Gasteiger partial charge in [0.25, 0.3) is 0 Å². The van der Waals surface area contributed by atoms with Crippen molar-refractivity contribution < 1.29 is 0 Å². The maximum Gasteiger partial charge on any atom is 0.110 e. The molecule has 0 nitrogen and oxygen atoms in total. The van der Waals surface area contributed by atoms with E-state index in [1.165, 1.54) is 6.42 Å². The molecular formula is C7H10Cl2. The molecule has 0 heterocycles. The highest BCUT2D eigenvalue weighted by Gasteiger charge is 2.19. The lowest BCUT2D eigenvalue weighted by Crippen LogP contribution is -2.13. The average Bonchev–Trinajstić information content (AvgIpc) is 1.90. The molecule has 0 aliphatic heterocycles. The highest BCUT2D eigenvalue weighted by Crippen LogP contribution is 2.29. The van der Waals surface area contributed by atoms with E-state index in [2.05, 4.69) is 12.8 Å². The van der Waals surface area contributed by atoms with Gasteiger partial charge in [-0.25, -0.2) is 0 Å². The van der Waals surface area contributed by atoms with Gasteiger partial charge in [0, 0.05) is 0 Å². The fourth-order valence-electron chi connectivity index (χ4n) is 1.04. The quantitative estimate of drug-likeness (QED) is 0.524. The predicted molar refractivity (Wildman–Crippen MR) is 41.4 cm³/mol. The zero-order valence-electron chi connectivity index (χ0n) is 5.19. The summed E-state index contributed by atoms with van der Waals surface area (Å²) in [5.41, 5.74) is 0. The Morgan fingerprint density at radius 3 is 2.44 bits per heavy atom. The van der Waals surface area contributed by atoms with Gasteiger partial charge in [-0.2, -0.15) is 0 Å². The molecule has 0 bridgehead atoms. The predicted octanol–water partition coefficient (Wildman–Crippen LogP) is 3.00. The topological polar surface area (TPSA) is 0 Å². The molecule has 1 aliphatic rings. The summed E-state index contributed by atoms with van der Waals surface area (Å²) in [6.45, 7) is 0. The van der Waals surface area contributed by atoms with Crippen molar-refractivity contribution in [3.05, 3.63) is 12.8 Å². The summed E-state index contributed by atoms with van der Waals surface area (Å²) >= 11 is 11.3. The Morgan fingerprint density at radius 1 is 1.33 bits per heavy atom. The van der Waals surface area contributed by atoms with Crippen molar-refractivity contribution in [1.82, 2.24) is 0 Å². The van der Waals surface area contributed by atoms with Crippen molar-refractivity contribution in [3.8, 4) is 0 Å². The van der Waals surface area contributed by atoms with E-state index in [0.717, 1.165) is 12.8 Å². The van der Waals surface area contributed by atoms with E-state index in [9.17, 15) is 0 Å². The molecular weight excluding hydrogens is 155 g/mol. The molecule has 1 fully saturated rings. The van der Waals surface area contributed by atoms with E-state index >= 15 is 0 Å². The standard InChI is InChI=1S/C7H10Cl2/c8-7(9)6-4-2-1-3-5-6/h2,5-7H,1,3-4H2. The van der Waals surface area contributed by atoms with Gasteiger partial charge in [0.1, 0.15) is 4.84 Å². The molecule has 0 N–H and O–H groups in total. The van der Waals surface area contributed by atoms with Crippen molar-refractivity contribution in [3.63, 3.8) is 0 Å². The van der Waals surface area contributed by atoms with Crippen molar-refractivity contribution in [2.24, 2.45) is 5.92 Å². The van der Waals surface area contributed by atoms with E-state index in [0.29, 0.717) is 5.92 Å². The van der Waals surface area contributed by atoms with E-state index < -0.39 is 0 Å². The van der Waals surface area contributed by atoms with Crippen LogP contribution in [-0.2, 0) is 0 Å². The summed E-state index contributed by atoms with van der Waals surface area (Å²) in [7, 11) is 0. The molecule has 2 heteroatoms. The third kappa shape index (κ3) is 2.35. The number of hydrogen-bond donors (Lipinski definition) is 0. The second-order valence-electron chi connectivity index (χ2n) is 2.34. The molecule has 0 aromatic rings. The summed E-state index contributed by atoms with van der Waals surface area (Å²) in [6.07, 6.45) is 7.85. The molecule has 52 valence electrons. The van der Waals surface area contributed by atoms with Crippen LogP contribution in [0.3, 0.4) is 0 Å². The fraction of sp³-hybridized carbons (Fsp3) is 0.714. The first-order valence-corrected chi connectivity index (χ1v) is 4.11. The van der Waals surface area contributed by atoms with Crippen LogP contribution in [0.5, 0.6) is 0 Å². The monoisotopic (exact) mass is 164 g/mol. The first kappa shape index (κ1) is 7.68. The lowest BCUT2D eigenvalue weighted by atomic mass is 9.91. The van der Waals surface area contributed by atoms with Crippen molar-refractivity contribution in [1.29, 1.82) is 0 Å². The fourth-order valence-corrected chi connectivity index (χ4v) is 1.45. The summed E-state index contributed by atoms with van der Waals surface area (Å²) in [6, 6.07) is 0. The normalized spacial score (nSPS) is 23.0. The van der Waals surface area contributed by atoms with E-state index in [-0.39, 0.29) is 4.84 Å². The SMILES string of the molecule is ClC(Cl)C1[CH]CC[CH]C1. The Labute approximate surface area is 66.5 Å². The number of alkyl halides is 2. The molecule has 0 amide bonds. The van der Waals surface area contributed by atoms with Crippen LogP contribution in [0.15, 0.2) is 0 Å². The van der Waals surface area contributed by atoms with Gasteiger partial charge >= 0.3 is 0 Å². The Morgan fingerprint density at radius 2 is 2.11 bits per heavy atom. The molecule has 9 heavy (non-hydrogen) atoms. The van der Waals surface area contributed by atoms with Gasteiger partial charge in [-0.15, -0.1) is 23.2 Å². The summed E-state index contributed by atoms with van der Waals surface area (Å²) in [5, 5.41) is 0. The highest BCUT2D eigenvalue weighted by atomic mass is 35.5. The molecule has 0 aromatic heterocycles. The minimum Gasteiger partial charge on any atom is -0.105 e. The van der Waals surface area contributed by atoms with Crippen molar-refractivity contribution in [2.45, 2.75) is 24.1 Å². The molecule has 1 rings (SSSR count). The molecule has 1 saturated carbocycles. The van der Waals surface area contributed by atoms with Crippen LogP contribution in [0.1, 0.15) is 19.3 Å². The summed E-state index contributed by atoms with van der Waals surface area (Å²) < 4.78 is 0. The van der Waals surface area contributed by atoms with Gasteiger partial charge in [-0.05, 0) is 38.0 Å². The lowest BCUT2D eigenvalue weighted by Gasteiger charge is -2.21. The van der Waals surface area contributed by atoms with Crippen LogP contribution in [0.2, 0.25) is 0 Å². The van der Waals surface area contributed by atoms with Crippen molar-refractivity contribution in [2.75, 3.05) is 0 Å².